The number of phenolic OH excluding ortho intramolecular Hbond substituents is 1. The Kier molecular flexibility index (Phi) is 5.04. The third kappa shape index (κ3) is 3.47. The fourth-order valence-corrected chi connectivity index (χ4v) is 4.87. The van der Waals surface area contributed by atoms with E-state index < -0.39 is 0 Å². The van der Waals surface area contributed by atoms with Crippen LogP contribution in [0.25, 0.3) is 0 Å². The number of ketones is 2. The van der Waals surface area contributed by atoms with E-state index in [2.05, 4.69) is 5.32 Å². The van der Waals surface area contributed by atoms with Gasteiger partial charge in [-0.2, -0.15) is 0 Å². The largest absolute Gasteiger partial charge is 0.507 e. The fourth-order valence-electron chi connectivity index (χ4n) is 3.87. The van der Waals surface area contributed by atoms with Gasteiger partial charge in [0.1, 0.15) is 5.75 Å². The van der Waals surface area contributed by atoms with E-state index in [-0.39, 0.29) is 28.4 Å². The smallest absolute Gasteiger partial charge is 0.198 e. The second-order valence-corrected chi connectivity index (χ2v) is 8.74. The summed E-state index contributed by atoms with van der Waals surface area (Å²) in [5.41, 5.74) is 3.32. The number of nitrogens with one attached hydrogen (secondary N) is 1. The Morgan fingerprint density at radius 3 is 2.22 bits per heavy atom. The first kappa shape index (κ1) is 20.1. The van der Waals surface area contributed by atoms with Gasteiger partial charge in [-0.05, 0) is 49.4 Å². The van der Waals surface area contributed by atoms with Crippen molar-refractivity contribution in [2.75, 3.05) is 5.32 Å². The molecule has 5 rings (SSSR count). The molecule has 0 fully saturated rings. The molecule has 0 heterocycles. The van der Waals surface area contributed by atoms with Gasteiger partial charge in [0.25, 0.3) is 0 Å². The van der Waals surface area contributed by atoms with Gasteiger partial charge < -0.3 is 10.4 Å². The molecule has 0 aromatic heterocycles. The SMILES string of the molecule is Cc1ccc(Nc2ccc(O)c3c2C(=O)c2c(Sc4ccccc4)cccc2C3=O)cc1. The summed E-state index contributed by atoms with van der Waals surface area (Å²) in [5.74, 6) is -0.825. The predicted octanol–water partition coefficient (Wildman–Crippen LogP) is 6.37. The van der Waals surface area contributed by atoms with Crippen LogP contribution in [-0.4, -0.2) is 16.7 Å². The van der Waals surface area contributed by atoms with E-state index in [4.69, 9.17) is 0 Å². The maximum absolute atomic E-state index is 13.8. The van der Waals surface area contributed by atoms with Crippen molar-refractivity contribution in [1.82, 2.24) is 0 Å². The maximum atomic E-state index is 13.8. The van der Waals surface area contributed by atoms with Gasteiger partial charge in [0.15, 0.2) is 11.6 Å². The number of carbonyl (C=O) groups excluding carboxylic acids is 2. The van der Waals surface area contributed by atoms with E-state index >= 15 is 0 Å². The quantitative estimate of drug-likeness (QED) is 0.320. The van der Waals surface area contributed by atoms with Crippen LogP contribution in [0.4, 0.5) is 11.4 Å². The lowest BCUT2D eigenvalue weighted by Crippen LogP contribution is -2.23. The summed E-state index contributed by atoms with van der Waals surface area (Å²) in [6.07, 6.45) is 0. The summed E-state index contributed by atoms with van der Waals surface area (Å²) in [4.78, 5) is 28.8. The van der Waals surface area contributed by atoms with Crippen molar-refractivity contribution in [1.29, 1.82) is 0 Å². The molecular weight excluding hydrogens is 418 g/mol. The summed E-state index contributed by atoms with van der Waals surface area (Å²) < 4.78 is 0. The number of carbonyl (C=O) groups is 2. The first-order valence-corrected chi connectivity index (χ1v) is 11.0. The normalized spacial score (nSPS) is 12.3. The van der Waals surface area contributed by atoms with Crippen LogP contribution in [0.2, 0.25) is 0 Å². The summed E-state index contributed by atoms with van der Waals surface area (Å²) in [6.45, 7) is 2.00. The summed E-state index contributed by atoms with van der Waals surface area (Å²) >= 11 is 1.44. The van der Waals surface area contributed by atoms with E-state index in [1.807, 2.05) is 67.6 Å². The molecule has 0 amide bonds. The molecule has 0 aliphatic heterocycles. The highest BCUT2D eigenvalue weighted by Gasteiger charge is 2.36. The van der Waals surface area contributed by atoms with Gasteiger partial charge in [-0.15, -0.1) is 0 Å². The number of benzene rings is 4. The number of fused-ring (bicyclic) bond motifs is 2. The molecule has 2 N–H and O–H groups in total. The zero-order valence-electron chi connectivity index (χ0n) is 17.3. The Labute approximate surface area is 189 Å². The molecule has 0 radical (unpaired) electrons. The first-order valence-electron chi connectivity index (χ1n) is 10.2. The van der Waals surface area contributed by atoms with Crippen LogP contribution < -0.4 is 5.32 Å². The van der Waals surface area contributed by atoms with Crippen LogP contribution in [0, 0.1) is 6.92 Å². The van der Waals surface area contributed by atoms with Crippen LogP contribution in [0.3, 0.4) is 0 Å². The molecule has 32 heavy (non-hydrogen) atoms. The van der Waals surface area contributed by atoms with Gasteiger partial charge in [0, 0.05) is 26.6 Å². The number of anilines is 2. The molecule has 0 atom stereocenters. The van der Waals surface area contributed by atoms with E-state index in [9.17, 15) is 14.7 Å². The van der Waals surface area contributed by atoms with Crippen LogP contribution >= 0.6 is 11.8 Å². The zero-order valence-corrected chi connectivity index (χ0v) is 18.1. The predicted molar refractivity (Wildman–Crippen MR) is 126 cm³/mol. The Morgan fingerprint density at radius 1 is 0.719 bits per heavy atom. The molecule has 1 aliphatic rings. The van der Waals surface area contributed by atoms with Crippen molar-refractivity contribution in [3.8, 4) is 5.75 Å². The van der Waals surface area contributed by atoms with Crippen molar-refractivity contribution in [3.63, 3.8) is 0 Å². The Morgan fingerprint density at radius 2 is 1.47 bits per heavy atom. The highest BCUT2D eigenvalue weighted by Crippen LogP contribution is 2.42. The highest BCUT2D eigenvalue weighted by atomic mass is 32.2. The molecule has 0 saturated heterocycles. The van der Waals surface area contributed by atoms with Crippen LogP contribution in [0.5, 0.6) is 5.75 Å². The number of hydrogen-bond acceptors (Lipinski definition) is 5. The van der Waals surface area contributed by atoms with E-state index in [1.54, 1.807) is 18.2 Å². The minimum Gasteiger partial charge on any atom is -0.507 e. The van der Waals surface area contributed by atoms with Crippen molar-refractivity contribution in [3.05, 3.63) is 113 Å². The van der Waals surface area contributed by atoms with E-state index in [0.29, 0.717) is 21.7 Å². The van der Waals surface area contributed by atoms with Gasteiger partial charge in [-0.3, -0.25) is 9.59 Å². The second-order valence-electron chi connectivity index (χ2n) is 7.63. The number of phenols is 1. The molecule has 156 valence electrons. The zero-order chi connectivity index (χ0) is 22.2. The van der Waals surface area contributed by atoms with Crippen LogP contribution in [0.1, 0.15) is 37.4 Å². The first-order chi connectivity index (χ1) is 15.5. The molecule has 4 aromatic carbocycles. The third-order valence-corrected chi connectivity index (χ3v) is 6.50. The molecule has 1 aliphatic carbocycles. The molecule has 0 bridgehead atoms. The standard InChI is InChI=1S/C27H19NO3S/c1-16-10-12-17(13-11-16)28-20-14-15-21(29)25-24(20)27(31)23-19(26(25)30)8-5-9-22(23)32-18-6-3-2-4-7-18/h2-15,28-29H,1H3. The van der Waals surface area contributed by atoms with Crippen molar-refractivity contribution in [2.45, 2.75) is 16.7 Å². The number of rotatable bonds is 4. The Bertz CT molecular complexity index is 1360. The molecule has 0 saturated carbocycles. The van der Waals surface area contributed by atoms with E-state index in [1.165, 1.54) is 17.8 Å². The summed E-state index contributed by atoms with van der Waals surface area (Å²) in [6, 6.07) is 25.8. The number of aryl methyl sites for hydroxylation is 1. The van der Waals surface area contributed by atoms with Crippen molar-refractivity contribution >= 4 is 34.7 Å². The summed E-state index contributed by atoms with van der Waals surface area (Å²) in [7, 11) is 0. The second kappa shape index (κ2) is 8.02. The Hall–Kier alpha value is -3.83. The fraction of sp³-hybridized carbons (Fsp3) is 0.0370. The number of aromatic hydroxyl groups is 1. The maximum Gasteiger partial charge on any atom is 0.198 e. The topological polar surface area (TPSA) is 66.4 Å². The van der Waals surface area contributed by atoms with Gasteiger partial charge in [0.2, 0.25) is 0 Å². The minimum absolute atomic E-state index is 0.0430. The lowest BCUT2D eigenvalue weighted by Gasteiger charge is -2.23. The van der Waals surface area contributed by atoms with Gasteiger partial charge in [0.05, 0.1) is 16.8 Å². The number of hydrogen-bond donors (Lipinski definition) is 2. The van der Waals surface area contributed by atoms with Crippen molar-refractivity contribution < 1.29 is 14.7 Å². The third-order valence-electron chi connectivity index (χ3n) is 5.44. The average Bonchev–Trinajstić information content (AvgIpc) is 2.80. The van der Waals surface area contributed by atoms with Gasteiger partial charge in [-0.25, -0.2) is 0 Å². The van der Waals surface area contributed by atoms with E-state index in [0.717, 1.165) is 16.1 Å². The monoisotopic (exact) mass is 437 g/mol. The lowest BCUT2D eigenvalue weighted by molar-refractivity contribution is 0.0975. The molecular formula is C27H19NO3S. The van der Waals surface area contributed by atoms with Crippen LogP contribution in [0.15, 0.2) is 94.7 Å². The molecule has 5 heteroatoms. The Balaban J connectivity index is 1.64. The van der Waals surface area contributed by atoms with Gasteiger partial charge in [-0.1, -0.05) is 59.8 Å². The van der Waals surface area contributed by atoms with Crippen molar-refractivity contribution in [2.24, 2.45) is 0 Å². The molecule has 4 nitrogen and oxygen atoms in total. The molecule has 0 unspecified atom stereocenters. The molecule has 4 aromatic rings. The summed E-state index contributed by atoms with van der Waals surface area (Å²) in [5, 5.41) is 13.7. The van der Waals surface area contributed by atoms with Gasteiger partial charge >= 0.3 is 0 Å². The molecule has 0 spiro atoms. The lowest BCUT2D eigenvalue weighted by atomic mass is 9.82. The minimum atomic E-state index is -0.352. The van der Waals surface area contributed by atoms with Crippen LogP contribution in [-0.2, 0) is 0 Å². The highest BCUT2D eigenvalue weighted by molar-refractivity contribution is 7.99. The average molecular weight is 438 g/mol.